The van der Waals surface area contributed by atoms with Crippen LogP contribution in [-0.2, 0) is 14.6 Å². The lowest BCUT2D eigenvalue weighted by molar-refractivity contribution is -0.122. The molecule has 1 aromatic rings. The number of anilines is 1. The summed E-state index contributed by atoms with van der Waals surface area (Å²) in [5.74, 6) is -0.836. The van der Waals surface area contributed by atoms with Gasteiger partial charge >= 0.3 is 0 Å². The topological polar surface area (TPSA) is 89.3 Å². The van der Waals surface area contributed by atoms with E-state index in [-0.39, 0.29) is 11.5 Å². The van der Waals surface area contributed by atoms with E-state index < -0.39 is 21.3 Å². The van der Waals surface area contributed by atoms with E-state index in [4.69, 9.17) is 17.3 Å². The SMILES string of the molecule is NC(=O)C1(Nc2cccc(Cl)c2)CCCS(=O)(=O)C1. The smallest absolute Gasteiger partial charge is 0.244 e. The average molecular weight is 303 g/mol. The fourth-order valence-electron chi connectivity index (χ4n) is 2.31. The molecule has 1 aliphatic rings. The number of rotatable bonds is 3. The third-order valence-corrected chi connectivity index (χ3v) is 5.28. The molecule has 0 bridgehead atoms. The van der Waals surface area contributed by atoms with Crippen LogP contribution in [0.4, 0.5) is 5.69 Å². The summed E-state index contributed by atoms with van der Waals surface area (Å²) in [5.41, 5.74) is 4.75. The van der Waals surface area contributed by atoms with Crippen LogP contribution >= 0.6 is 11.6 Å². The summed E-state index contributed by atoms with van der Waals surface area (Å²) in [6.07, 6.45) is 0.812. The highest BCUT2D eigenvalue weighted by Crippen LogP contribution is 2.28. The third kappa shape index (κ3) is 3.19. The van der Waals surface area contributed by atoms with Crippen molar-refractivity contribution in [3.8, 4) is 0 Å². The Labute approximate surface area is 117 Å². The molecule has 19 heavy (non-hydrogen) atoms. The number of amides is 1. The molecule has 0 spiro atoms. The zero-order valence-corrected chi connectivity index (χ0v) is 11.8. The molecule has 0 aliphatic carbocycles. The summed E-state index contributed by atoms with van der Waals surface area (Å²) in [6.45, 7) is 0. The van der Waals surface area contributed by atoms with Gasteiger partial charge in [-0.3, -0.25) is 4.79 Å². The van der Waals surface area contributed by atoms with Crippen LogP contribution in [0, 0.1) is 0 Å². The minimum Gasteiger partial charge on any atom is -0.370 e. The van der Waals surface area contributed by atoms with Crippen LogP contribution in [0.25, 0.3) is 0 Å². The molecule has 7 heteroatoms. The van der Waals surface area contributed by atoms with Crippen LogP contribution in [0.3, 0.4) is 0 Å². The Hall–Kier alpha value is -1.27. The fraction of sp³-hybridized carbons (Fsp3) is 0.417. The molecule has 104 valence electrons. The van der Waals surface area contributed by atoms with E-state index in [0.29, 0.717) is 23.6 Å². The Kier molecular flexibility index (Phi) is 3.73. The number of primary amides is 1. The lowest BCUT2D eigenvalue weighted by atomic mass is 9.94. The molecule has 5 nitrogen and oxygen atoms in total. The van der Waals surface area contributed by atoms with Gasteiger partial charge in [-0.15, -0.1) is 0 Å². The molecule has 1 aromatic carbocycles. The van der Waals surface area contributed by atoms with Crippen molar-refractivity contribution < 1.29 is 13.2 Å². The van der Waals surface area contributed by atoms with Gasteiger partial charge in [-0.05, 0) is 31.0 Å². The maximum absolute atomic E-state index is 11.8. The van der Waals surface area contributed by atoms with Gasteiger partial charge in [0.05, 0.1) is 11.5 Å². The number of hydrogen-bond donors (Lipinski definition) is 2. The molecular weight excluding hydrogens is 288 g/mol. The molecule has 3 N–H and O–H groups in total. The van der Waals surface area contributed by atoms with E-state index in [0.717, 1.165) is 0 Å². The predicted molar refractivity (Wildman–Crippen MR) is 74.9 cm³/mol. The number of halogens is 1. The second-order valence-electron chi connectivity index (χ2n) is 4.78. The maximum Gasteiger partial charge on any atom is 0.244 e. The van der Waals surface area contributed by atoms with Crippen LogP contribution < -0.4 is 11.1 Å². The summed E-state index contributed by atoms with van der Waals surface area (Å²) in [6, 6.07) is 6.77. The zero-order chi connectivity index (χ0) is 14.1. The van der Waals surface area contributed by atoms with Crippen molar-refractivity contribution in [2.24, 2.45) is 5.73 Å². The quantitative estimate of drug-likeness (QED) is 0.877. The summed E-state index contributed by atoms with van der Waals surface area (Å²) in [7, 11) is -3.26. The first-order valence-electron chi connectivity index (χ1n) is 5.87. The number of nitrogens with one attached hydrogen (secondary N) is 1. The highest BCUT2D eigenvalue weighted by Gasteiger charge is 2.43. The van der Waals surface area contributed by atoms with Crippen LogP contribution in [-0.4, -0.2) is 31.4 Å². The zero-order valence-electron chi connectivity index (χ0n) is 10.2. The summed E-state index contributed by atoms with van der Waals surface area (Å²) in [4.78, 5) is 11.7. The number of sulfone groups is 1. The standard InChI is InChI=1S/C12H15ClN2O3S/c13-9-3-1-4-10(7-9)15-12(11(14)16)5-2-6-19(17,18)8-12/h1,3-4,7,15H,2,5-6,8H2,(H2,14,16). The van der Waals surface area contributed by atoms with Crippen molar-refractivity contribution >= 4 is 33.0 Å². The highest BCUT2D eigenvalue weighted by atomic mass is 35.5. The van der Waals surface area contributed by atoms with Crippen LogP contribution in [0.15, 0.2) is 24.3 Å². The van der Waals surface area contributed by atoms with Crippen molar-refractivity contribution in [2.75, 3.05) is 16.8 Å². The molecule has 1 amide bonds. The molecule has 0 saturated carbocycles. The minimum atomic E-state index is -3.26. The molecular formula is C12H15ClN2O3S. The van der Waals surface area contributed by atoms with Gasteiger partial charge in [-0.1, -0.05) is 17.7 Å². The Bertz CT molecular complexity index is 603. The van der Waals surface area contributed by atoms with Crippen molar-refractivity contribution in [3.63, 3.8) is 0 Å². The van der Waals surface area contributed by atoms with Crippen LogP contribution in [0.2, 0.25) is 5.02 Å². The van der Waals surface area contributed by atoms with Gasteiger partial charge in [0.25, 0.3) is 0 Å². The Balaban J connectivity index is 2.33. The Morgan fingerprint density at radius 2 is 2.16 bits per heavy atom. The molecule has 1 atom stereocenters. The van der Waals surface area contributed by atoms with E-state index in [1.54, 1.807) is 24.3 Å². The predicted octanol–water partition coefficient (Wildman–Crippen LogP) is 1.18. The molecule has 1 heterocycles. The monoisotopic (exact) mass is 302 g/mol. The number of hydrogen-bond acceptors (Lipinski definition) is 4. The summed E-state index contributed by atoms with van der Waals surface area (Å²) >= 11 is 5.87. The van der Waals surface area contributed by atoms with E-state index in [9.17, 15) is 13.2 Å². The van der Waals surface area contributed by atoms with Crippen LogP contribution in [0.5, 0.6) is 0 Å². The lowest BCUT2D eigenvalue weighted by Gasteiger charge is -2.35. The van der Waals surface area contributed by atoms with Gasteiger partial charge in [-0.25, -0.2) is 8.42 Å². The molecule has 1 saturated heterocycles. The lowest BCUT2D eigenvalue weighted by Crippen LogP contribution is -2.57. The molecule has 1 unspecified atom stereocenters. The second kappa shape index (κ2) is 5.02. The number of carbonyl (C=O) groups is 1. The van der Waals surface area contributed by atoms with Gasteiger partial charge in [0, 0.05) is 10.7 Å². The van der Waals surface area contributed by atoms with Gasteiger partial charge in [-0.2, -0.15) is 0 Å². The molecule has 1 aliphatic heterocycles. The molecule has 1 fully saturated rings. The molecule has 0 aromatic heterocycles. The maximum atomic E-state index is 11.8. The van der Waals surface area contributed by atoms with Crippen molar-refractivity contribution in [3.05, 3.63) is 29.3 Å². The van der Waals surface area contributed by atoms with Gasteiger partial charge in [0.2, 0.25) is 5.91 Å². The van der Waals surface area contributed by atoms with E-state index in [1.165, 1.54) is 0 Å². The molecule has 0 radical (unpaired) electrons. The van der Waals surface area contributed by atoms with Crippen molar-refractivity contribution in [1.82, 2.24) is 0 Å². The number of nitrogens with two attached hydrogens (primary N) is 1. The second-order valence-corrected chi connectivity index (χ2v) is 7.40. The summed E-state index contributed by atoms with van der Waals surface area (Å²) in [5, 5.41) is 3.46. The number of carbonyl (C=O) groups excluding carboxylic acids is 1. The minimum absolute atomic E-state index is 0.0965. The largest absolute Gasteiger partial charge is 0.370 e. The normalized spacial score (nSPS) is 25.7. The van der Waals surface area contributed by atoms with E-state index in [2.05, 4.69) is 5.32 Å². The van der Waals surface area contributed by atoms with Gasteiger partial charge in [0.15, 0.2) is 9.84 Å². The van der Waals surface area contributed by atoms with Gasteiger partial charge < -0.3 is 11.1 Å². The van der Waals surface area contributed by atoms with Crippen LogP contribution in [0.1, 0.15) is 12.8 Å². The average Bonchev–Trinajstić information content (AvgIpc) is 2.27. The first-order chi connectivity index (χ1) is 8.83. The first-order valence-corrected chi connectivity index (χ1v) is 8.07. The highest BCUT2D eigenvalue weighted by molar-refractivity contribution is 7.91. The summed E-state index contributed by atoms with van der Waals surface area (Å²) < 4.78 is 23.5. The third-order valence-electron chi connectivity index (χ3n) is 3.21. The van der Waals surface area contributed by atoms with Gasteiger partial charge in [0.1, 0.15) is 5.54 Å². The van der Waals surface area contributed by atoms with E-state index in [1.807, 2.05) is 0 Å². The van der Waals surface area contributed by atoms with E-state index >= 15 is 0 Å². The van der Waals surface area contributed by atoms with Crippen molar-refractivity contribution in [2.45, 2.75) is 18.4 Å². The Morgan fingerprint density at radius 3 is 2.74 bits per heavy atom. The first kappa shape index (κ1) is 14.1. The number of benzene rings is 1. The fourth-order valence-corrected chi connectivity index (χ4v) is 4.34. The Morgan fingerprint density at radius 1 is 1.42 bits per heavy atom. The van der Waals surface area contributed by atoms with Crippen molar-refractivity contribution in [1.29, 1.82) is 0 Å². The molecule has 2 rings (SSSR count).